The van der Waals surface area contributed by atoms with E-state index in [1.165, 1.54) is 6.07 Å². The van der Waals surface area contributed by atoms with Crippen molar-refractivity contribution in [3.8, 4) is 5.88 Å². The Kier molecular flexibility index (Phi) is 4.01. The number of aromatic nitrogens is 1. The number of fused-ring (bicyclic) bond motifs is 2. The lowest BCUT2D eigenvalue weighted by atomic mass is 10.1. The zero-order chi connectivity index (χ0) is 18.3. The maximum atomic E-state index is 12.5. The highest BCUT2D eigenvalue weighted by molar-refractivity contribution is 9.10. The van der Waals surface area contributed by atoms with E-state index < -0.39 is 10.0 Å². The summed E-state index contributed by atoms with van der Waals surface area (Å²) in [5.41, 5.74) is 0.702. The zero-order valence-corrected chi connectivity index (χ0v) is 15.6. The van der Waals surface area contributed by atoms with Gasteiger partial charge in [0, 0.05) is 9.86 Å². The summed E-state index contributed by atoms with van der Waals surface area (Å²) in [6.07, 6.45) is 0. The molecule has 26 heavy (non-hydrogen) atoms. The van der Waals surface area contributed by atoms with Crippen LogP contribution in [0.15, 0.2) is 79.7 Å². The van der Waals surface area contributed by atoms with Gasteiger partial charge in [-0.25, -0.2) is 0 Å². The molecule has 6 nitrogen and oxygen atoms in total. The Labute approximate surface area is 157 Å². The Morgan fingerprint density at radius 3 is 2.54 bits per heavy atom. The van der Waals surface area contributed by atoms with Crippen molar-refractivity contribution in [3.63, 3.8) is 0 Å². The van der Waals surface area contributed by atoms with E-state index in [4.69, 9.17) is 0 Å². The molecule has 0 atom stereocenters. The molecule has 0 fully saturated rings. The molecule has 4 rings (SSSR count). The number of hydrogen-bond donors (Lipinski definition) is 2. The molecule has 0 bridgehead atoms. The van der Waals surface area contributed by atoms with Gasteiger partial charge < -0.3 is 10.1 Å². The SMILES string of the molecule is O=S(=O)(N=Nc1c(O)[nH]c2ccc(Br)cc12)c1ccc2ccccc2c1. The summed E-state index contributed by atoms with van der Waals surface area (Å²) >= 11 is 3.34. The van der Waals surface area contributed by atoms with Crippen LogP contribution in [-0.2, 0) is 10.0 Å². The molecule has 0 aliphatic rings. The molecule has 1 aromatic heterocycles. The highest BCUT2D eigenvalue weighted by atomic mass is 79.9. The molecule has 0 aliphatic heterocycles. The molecule has 2 N–H and O–H groups in total. The van der Waals surface area contributed by atoms with Crippen LogP contribution in [-0.4, -0.2) is 18.5 Å². The molecule has 0 saturated carbocycles. The topological polar surface area (TPSA) is 94.9 Å². The van der Waals surface area contributed by atoms with Crippen molar-refractivity contribution in [3.05, 3.63) is 65.1 Å². The van der Waals surface area contributed by atoms with Crippen LogP contribution < -0.4 is 0 Å². The van der Waals surface area contributed by atoms with Crippen molar-refractivity contribution >= 4 is 53.3 Å². The number of benzene rings is 3. The molecule has 0 unspecified atom stereocenters. The smallest absolute Gasteiger partial charge is 0.299 e. The number of aromatic hydroxyl groups is 1. The van der Waals surface area contributed by atoms with Crippen LogP contribution in [0.2, 0.25) is 0 Å². The molecule has 8 heteroatoms. The van der Waals surface area contributed by atoms with Gasteiger partial charge in [-0.1, -0.05) is 50.8 Å². The highest BCUT2D eigenvalue weighted by Crippen LogP contribution is 2.37. The number of sulfonamides is 1. The first-order valence-corrected chi connectivity index (χ1v) is 9.84. The van der Waals surface area contributed by atoms with Crippen molar-refractivity contribution < 1.29 is 13.5 Å². The number of aromatic amines is 1. The van der Waals surface area contributed by atoms with Gasteiger partial charge in [-0.15, -0.1) is 5.11 Å². The van der Waals surface area contributed by atoms with Gasteiger partial charge in [0.05, 0.1) is 10.4 Å². The predicted octanol–water partition coefficient (Wildman–Crippen LogP) is 5.26. The van der Waals surface area contributed by atoms with Gasteiger partial charge in [-0.3, -0.25) is 0 Å². The van der Waals surface area contributed by atoms with Crippen molar-refractivity contribution in [2.24, 2.45) is 9.63 Å². The summed E-state index contributed by atoms with van der Waals surface area (Å²) < 4.78 is 29.3. The van der Waals surface area contributed by atoms with Crippen LogP contribution >= 0.6 is 15.9 Å². The third-order valence-electron chi connectivity index (χ3n) is 3.98. The number of nitrogens with one attached hydrogen (secondary N) is 1. The number of nitrogens with zero attached hydrogens (tertiary/aromatic N) is 2. The van der Waals surface area contributed by atoms with E-state index in [1.54, 1.807) is 30.3 Å². The first-order valence-electron chi connectivity index (χ1n) is 7.61. The normalized spacial score (nSPS) is 12.3. The van der Waals surface area contributed by atoms with Crippen LogP contribution in [0.5, 0.6) is 5.88 Å². The summed E-state index contributed by atoms with van der Waals surface area (Å²) in [6, 6.07) is 17.5. The van der Waals surface area contributed by atoms with Crippen molar-refractivity contribution in [2.45, 2.75) is 4.90 Å². The van der Waals surface area contributed by atoms with Crippen molar-refractivity contribution in [1.29, 1.82) is 0 Å². The Morgan fingerprint density at radius 2 is 1.73 bits per heavy atom. The Morgan fingerprint density at radius 1 is 0.962 bits per heavy atom. The van der Waals surface area contributed by atoms with Gasteiger partial charge in [-0.2, -0.15) is 8.42 Å². The van der Waals surface area contributed by atoms with Gasteiger partial charge >= 0.3 is 0 Å². The second-order valence-electron chi connectivity index (χ2n) is 5.68. The van der Waals surface area contributed by atoms with E-state index in [0.717, 1.165) is 15.2 Å². The molecule has 0 saturated heterocycles. The number of H-pyrrole nitrogens is 1. The average molecular weight is 430 g/mol. The van der Waals surface area contributed by atoms with E-state index in [9.17, 15) is 13.5 Å². The second-order valence-corrected chi connectivity index (χ2v) is 8.18. The van der Waals surface area contributed by atoms with Gasteiger partial charge in [0.2, 0.25) is 5.88 Å². The van der Waals surface area contributed by atoms with E-state index in [2.05, 4.69) is 30.5 Å². The molecule has 0 amide bonds. The fourth-order valence-corrected chi connectivity index (χ4v) is 3.87. The van der Waals surface area contributed by atoms with Crippen molar-refractivity contribution in [2.75, 3.05) is 0 Å². The van der Waals surface area contributed by atoms with E-state index in [0.29, 0.717) is 10.9 Å². The second kappa shape index (κ2) is 6.22. The number of rotatable bonds is 3. The largest absolute Gasteiger partial charge is 0.493 e. The Balaban J connectivity index is 1.77. The summed E-state index contributed by atoms with van der Waals surface area (Å²) in [5.74, 6) is -0.240. The molecular formula is C18H12BrN3O3S. The lowest BCUT2D eigenvalue weighted by Gasteiger charge is -2.01. The van der Waals surface area contributed by atoms with Gasteiger partial charge in [-0.05, 0) is 41.1 Å². The quantitative estimate of drug-likeness (QED) is 0.434. The monoisotopic (exact) mass is 429 g/mol. The predicted molar refractivity (Wildman–Crippen MR) is 103 cm³/mol. The Bertz CT molecular complexity index is 1280. The summed E-state index contributed by atoms with van der Waals surface area (Å²) in [6.45, 7) is 0. The summed E-state index contributed by atoms with van der Waals surface area (Å²) in [5, 5.41) is 16.1. The molecule has 0 radical (unpaired) electrons. The number of halogens is 1. The van der Waals surface area contributed by atoms with Gasteiger partial charge in [0.25, 0.3) is 10.0 Å². The van der Waals surface area contributed by atoms with E-state index in [1.807, 2.05) is 24.3 Å². The van der Waals surface area contributed by atoms with E-state index in [-0.39, 0.29) is 16.5 Å². The molecule has 130 valence electrons. The first kappa shape index (κ1) is 16.7. The molecule has 4 aromatic rings. The number of hydrogen-bond acceptors (Lipinski definition) is 4. The molecule has 1 heterocycles. The molecule has 0 aliphatic carbocycles. The Hall–Kier alpha value is -2.71. The fourth-order valence-electron chi connectivity index (χ4n) is 2.71. The standard InChI is InChI=1S/C18H12BrN3O3S/c19-13-6-8-16-15(10-13)17(18(23)20-16)21-22-26(24,25)14-7-5-11-3-1-2-4-12(11)9-14/h1-10,20,23H. The lowest BCUT2D eigenvalue weighted by Crippen LogP contribution is -1.95. The van der Waals surface area contributed by atoms with Crippen LogP contribution in [0.1, 0.15) is 0 Å². The minimum atomic E-state index is -4.00. The molecule has 3 aromatic carbocycles. The van der Waals surface area contributed by atoms with Crippen LogP contribution in [0.4, 0.5) is 5.69 Å². The van der Waals surface area contributed by atoms with Crippen molar-refractivity contribution in [1.82, 2.24) is 4.98 Å². The lowest BCUT2D eigenvalue weighted by molar-refractivity contribution is 0.459. The zero-order valence-electron chi connectivity index (χ0n) is 13.2. The minimum absolute atomic E-state index is 0.0421. The van der Waals surface area contributed by atoms with E-state index >= 15 is 0 Å². The molecule has 0 spiro atoms. The average Bonchev–Trinajstić information content (AvgIpc) is 2.94. The van der Waals surface area contributed by atoms with Gasteiger partial charge in [0.15, 0.2) is 5.69 Å². The summed E-state index contributed by atoms with van der Waals surface area (Å²) in [7, 11) is -4.00. The maximum absolute atomic E-state index is 12.5. The third kappa shape index (κ3) is 2.97. The van der Waals surface area contributed by atoms with Gasteiger partial charge in [0.1, 0.15) is 0 Å². The third-order valence-corrected chi connectivity index (χ3v) is 5.62. The highest BCUT2D eigenvalue weighted by Gasteiger charge is 2.16. The van der Waals surface area contributed by atoms with Crippen LogP contribution in [0.25, 0.3) is 21.7 Å². The summed E-state index contributed by atoms with van der Waals surface area (Å²) in [4.78, 5) is 2.78. The van der Waals surface area contributed by atoms with Crippen LogP contribution in [0, 0.1) is 0 Å². The fraction of sp³-hybridized carbons (Fsp3) is 0. The minimum Gasteiger partial charge on any atom is -0.493 e. The maximum Gasteiger partial charge on any atom is 0.299 e. The molecular weight excluding hydrogens is 418 g/mol. The first-order chi connectivity index (χ1) is 12.4. The van der Waals surface area contributed by atoms with Crippen LogP contribution in [0.3, 0.4) is 0 Å².